The van der Waals surface area contributed by atoms with E-state index in [0.29, 0.717) is 6.54 Å². The summed E-state index contributed by atoms with van der Waals surface area (Å²) in [5.41, 5.74) is 8.26. The van der Waals surface area contributed by atoms with E-state index in [1.807, 2.05) is 42.9 Å². The summed E-state index contributed by atoms with van der Waals surface area (Å²) >= 11 is 5.85. The van der Waals surface area contributed by atoms with Gasteiger partial charge in [0.05, 0.1) is 17.8 Å². The van der Waals surface area contributed by atoms with Crippen LogP contribution < -0.4 is 5.32 Å². The molecule has 1 fully saturated rings. The van der Waals surface area contributed by atoms with Crippen molar-refractivity contribution >= 4 is 17.3 Å². The van der Waals surface area contributed by atoms with E-state index in [1.165, 1.54) is 33.8 Å². The van der Waals surface area contributed by atoms with Gasteiger partial charge in [-0.3, -0.25) is 9.97 Å². The van der Waals surface area contributed by atoms with Crippen LogP contribution in [0.2, 0.25) is 0 Å². The minimum absolute atomic E-state index is 0.0194. The van der Waals surface area contributed by atoms with Gasteiger partial charge in [-0.15, -0.1) is 0 Å². The van der Waals surface area contributed by atoms with Crippen LogP contribution in [-0.2, 0) is 6.54 Å². The number of hydrogen-bond acceptors (Lipinski definition) is 3. The molecule has 1 aliphatic heterocycles. The smallest absolute Gasteiger partial charge is 0.170 e. The van der Waals surface area contributed by atoms with Gasteiger partial charge in [0.25, 0.3) is 0 Å². The monoisotopic (exact) mass is 453 g/mol. The number of benzene rings is 1. The van der Waals surface area contributed by atoms with Crippen molar-refractivity contribution in [3.63, 3.8) is 0 Å². The van der Waals surface area contributed by atoms with E-state index in [1.54, 1.807) is 0 Å². The van der Waals surface area contributed by atoms with Crippen molar-refractivity contribution < 1.29 is 0 Å². The van der Waals surface area contributed by atoms with E-state index in [9.17, 15) is 0 Å². The van der Waals surface area contributed by atoms with Gasteiger partial charge in [-0.2, -0.15) is 0 Å². The third-order valence-electron chi connectivity index (χ3n) is 6.38. The second-order valence-corrected chi connectivity index (χ2v) is 8.99. The molecule has 5 nitrogen and oxygen atoms in total. The van der Waals surface area contributed by atoms with Gasteiger partial charge in [0.1, 0.15) is 0 Å². The fraction of sp³-hybridized carbons (Fsp3) is 0.222. The van der Waals surface area contributed by atoms with Crippen LogP contribution >= 0.6 is 12.2 Å². The van der Waals surface area contributed by atoms with Crippen LogP contribution in [0.25, 0.3) is 5.69 Å². The molecule has 3 aromatic heterocycles. The molecule has 2 atom stereocenters. The quantitative estimate of drug-likeness (QED) is 0.412. The molecular weight excluding hydrogens is 426 g/mol. The maximum Gasteiger partial charge on any atom is 0.170 e. The van der Waals surface area contributed by atoms with Crippen molar-refractivity contribution in [3.8, 4) is 5.69 Å². The van der Waals surface area contributed by atoms with E-state index in [2.05, 4.69) is 81.9 Å². The third-order valence-corrected chi connectivity index (χ3v) is 6.73. The number of aromatic nitrogens is 3. The van der Waals surface area contributed by atoms with Crippen LogP contribution in [0.4, 0.5) is 0 Å². The number of aryl methyl sites for hydroxylation is 2. The van der Waals surface area contributed by atoms with Gasteiger partial charge in [0, 0.05) is 42.2 Å². The topological polar surface area (TPSA) is 46.0 Å². The predicted molar refractivity (Wildman–Crippen MR) is 135 cm³/mol. The lowest BCUT2D eigenvalue weighted by molar-refractivity contribution is 0.310. The molecule has 0 aliphatic carbocycles. The Balaban J connectivity index is 1.61. The highest BCUT2D eigenvalue weighted by atomic mass is 32.1. The molecule has 4 heterocycles. The van der Waals surface area contributed by atoms with Crippen molar-refractivity contribution in [1.29, 1.82) is 0 Å². The van der Waals surface area contributed by atoms with Crippen molar-refractivity contribution in [1.82, 2.24) is 24.8 Å². The summed E-state index contributed by atoms with van der Waals surface area (Å²) in [7, 11) is 0. The molecule has 0 bridgehead atoms. The number of rotatable bonds is 5. The SMILES string of the molecule is Cc1ccc(-n2c(C)cc(C3C(c4ccccn4)NC(=S)N3Cc3ccncc3)c2C)cc1. The summed E-state index contributed by atoms with van der Waals surface area (Å²) in [4.78, 5) is 11.1. The molecule has 33 heavy (non-hydrogen) atoms. The van der Waals surface area contributed by atoms with Crippen molar-refractivity contribution in [2.24, 2.45) is 0 Å². The molecule has 1 aliphatic rings. The van der Waals surface area contributed by atoms with Gasteiger partial charge >= 0.3 is 0 Å². The summed E-state index contributed by atoms with van der Waals surface area (Å²) in [5, 5.41) is 4.31. The molecule has 0 spiro atoms. The Labute approximate surface area is 200 Å². The Morgan fingerprint density at radius 1 is 0.939 bits per heavy atom. The first-order valence-corrected chi connectivity index (χ1v) is 11.6. The Hall–Kier alpha value is -3.51. The molecule has 0 radical (unpaired) electrons. The van der Waals surface area contributed by atoms with Gasteiger partial charge in [0.15, 0.2) is 5.11 Å². The summed E-state index contributed by atoms with van der Waals surface area (Å²) in [6.45, 7) is 7.18. The summed E-state index contributed by atoms with van der Waals surface area (Å²) in [5.74, 6) is 0. The number of hydrogen-bond donors (Lipinski definition) is 1. The molecule has 1 saturated heterocycles. The number of nitrogens with one attached hydrogen (secondary N) is 1. The van der Waals surface area contributed by atoms with Crippen molar-refractivity contribution in [2.75, 3.05) is 0 Å². The van der Waals surface area contributed by atoms with Crippen LogP contribution in [0.15, 0.2) is 79.3 Å². The largest absolute Gasteiger partial charge is 0.352 e. The Morgan fingerprint density at radius 3 is 2.39 bits per heavy atom. The Morgan fingerprint density at radius 2 is 1.70 bits per heavy atom. The predicted octanol–water partition coefficient (Wildman–Crippen LogP) is 5.37. The number of thiocarbonyl (C=S) groups is 1. The lowest BCUT2D eigenvalue weighted by atomic mass is 9.96. The van der Waals surface area contributed by atoms with Gasteiger partial charge < -0.3 is 14.8 Å². The molecule has 1 N–H and O–H groups in total. The minimum atomic E-state index is -0.0347. The average molecular weight is 454 g/mol. The Bertz CT molecular complexity index is 1270. The van der Waals surface area contributed by atoms with Crippen LogP contribution in [0.5, 0.6) is 0 Å². The lowest BCUT2D eigenvalue weighted by Gasteiger charge is -2.28. The molecule has 4 aromatic rings. The van der Waals surface area contributed by atoms with Crippen LogP contribution in [0, 0.1) is 20.8 Å². The van der Waals surface area contributed by atoms with Gasteiger partial charge in [-0.25, -0.2) is 0 Å². The summed E-state index contributed by atoms with van der Waals surface area (Å²) in [6.07, 6.45) is 5.50. The van der Waals surface area contributed by atoms with Crippen molar-refractivity contribution in [2.45, 2.75) is 39.4 Å². The molecule has 2 unspecified atom stereocenters. The van der Waals surface area contributed by atoms with E-state index in [0.717, 1.165) is 10.8 Å². The van der Waals surface area contributed by atoms with E-state index < -0.39 is 0 Å². The molecule has 5 rings (SSSR count). The third kappa shape index (κ3) is 4.02. The highest BCUT2D eigenvalue weighted by Crippen LogP contribution is 2.42. The molecule has 6 heteroatoms. The fourth-order valence-electron chi connectivity index (χ4n) is 4.78. The lowest BCUT2D eigenvalue weighted by Crippen LogP contribution is -2.29. The normalized spacial score (nSPS) is 17.9. The van der Waals surface area contributed by atoms with E-state index in [4.69, 9.17) is 12.2 Å². The zero-order valence-electron chi connectivity index (χ0n) is 19.1. The first-order chi connectivity index (χ1) is 16.0. The highest BCUT2D eigenvalue weighted by molar-refractivity contribution is 7.80. The van der Waals surface area contributed by atoms with E-state index >= 15 is 0 Å². The molecular formula is C27H27N5S. The first kappa shape index (κ1) is 21.3. The minimum Gasteiger partial charge on any atom is -0.352 e. The average Bonchev–Trinajstić information content (AvgIpc) is 3.31. The van der Waals surface area contributed by atoms with Crippen LogP contribution in [0.1, 0.15) is 45.9 Å². The second-order valence-electron chi connectivity index (χ2n) is 8.61. The van der Waals surface area contributed by atoms with Gasteiger partial charge in [-0.05, 0) is 86.6 Å². The van der Waals surface area contributed by atoms with Crippen LogP contribution in [-0.4, -0.2) is 24.5 Å². The maximum atomic E-state index is 5.85. The standard InChI is InChI=1S/C27H27N5S/c1-18-7-9-22(10-8-18)32-19(2)16-23(20(32)3)26-25(24-6-4-5-13-29-24)30-27(33)31(26)17-21-11-14-28-15-12-21/h4-16,25-26H,17H2,1-3H3,(H,30,33). The van der Waals surface area contributed by atoms with Crippen molar-refractivity contribution in [3.05, 3.63) is 113 Å². The number of pyridine rings is 2. The second kappa shape index (κ2) is 8.79. The first-order valence-electron chi connectivity index (χ1n) is 11.2. The zero-order valence-corrected chi connectivity index (χ0v) is 19.9. The van der Waals surface area contributed by atoms with Gasteiger partial charge in [0.2, 0.25) is 0 Å². The summed E-state index contributed by atoms with van der Waals surface area (Å²) in [6, 6.07) is 21.1. The maximum absolute atomic E-state index is 5.85. The fourth-order valence-corrected chi connectivity index (χ4v) is 5.08. The Kier molecular flexibility index (Phi) is 5.68. The highest BCUT2D eigenvalue weighted by Gasteiger charge is 2.41. The zero-order chi connectivity index (χ0) is 22.9. The molecule has 166 valence electrons. The summed E-state index contributed by atoms with van der Waals surface area (Å²) < 4.78 is 2.33. The van der Waals surface area contributed by atoms with Gasteiger partial charge in [-0.1, -0.05) is 23.8 Å². The number of nitrogens with zero attached hydrogens (tertiary/aromatic N) is 4. The van der Waals surface area contributed by atoms with E-state index in [-0.39, 0.29) is 12.1 Å². The molecule has 1 aromatic carbocycles. The molecule has 0 saturated carbocycles. The molecule has 0 amide bonds. The van der Waals surface area contributed by atoms with Crippen LogP contribution in [0.3, 0.4) is 0 Å².